The molecule has 0 spiro atoms. The molecule has 20 heavy (non-hydrogen) atoms. The second-order valence-electron chi connectivity index (χ2n) is 4.58. The molecule has 0 bridgehead atoms. The van der Waals surface area contributed by atoms with Gasteiger partial charge in [0.1, 0.15) is 5.82 Å². The molecule has 0 aliphatic rings. The first-order valence-electron chi connectivity index (χ1n) is 6.44. The maximum Gasteiger partial charge on any atom is 0.258 e. The maximum absolute atomic E-state index is 12.9. The molecule has 2 aromatic carbocycles. The Morgan fingerprint density at radius 3 is 2.55 bits per heavy atom. The lowest BCUT2D eigenvalue weighted by Crippen LogP contribution is -2.26. The minimum Gasteiger partial charge on any atom is -0.330 e. The van der Waals surface area contributed by atoms with E-state index in [0.29, 0.717) is 17.8 Å². The highest BCUT2D eigenvalue weighted by Crippen LogP contribution is 2.17. The number of carbonyl (C=O) groups is 1. The van der Waals surface area contributed by atoms with Crippen LogP contribution in [0.15, 0.2) is 48.5 Å². The molecule has 0 saturated carbocycles. The van der Waals surface area contributed by atoms with E-state index in [4.69, 9.17) is 5.73 Å². The molecule has 0 atom stereocenters. The largest absolute Gasteiger partial charge is 0.330 e. The maximum atomic E-state index is 12.9. The van der Waals surface area contributed by atoms with E-state index in [1.54, 1.807) is 25.2 Å². The average Bonchev–Trinajstić information content (AvgIpc) is 2.47. The van der Waals surface area contributed by atoms with Crippen molar-refractivity contribution in [2.24, 2.45) is 5.73 Å². The fraction of sp³-hybridized carbons (Fsp3) is 0.188. The Hall–Kier alpha value is -2.20. The SMILES string of the molecule is CN(C(=O)c1cccc(CCN)c1)c1ccc(F)cc1. The van der Waals surface area contributed by atoms with Gasteiger partial charge in [-0.15, -0.1) is 0 Å². The molecule has 0 aliphatic carbocycles. The minimum absolute atomic E-state index is 0.129. The van der Waals surface area contributed by atoms with Gasteiger partial charge in [-0.3, -0.25) is 4.79 Å². The summed E-state index contributed by atoms with van der Waals surface area (Å²) in [6.07, 6.45) is 0.737. The van der Waals surface area contributed by atoms with Gasteiger partial charge in [-0.2, -0.15) is 0 Å². The number of nitrogens with zero attached hydrogens (tertiary/aromatic N) is 1. The molecule has 0 aliphatic heterocycles. The van der Waals surface area contributed by atoms with Crippen LogP contribution in [0.1, 0.15) is 15.9 Å². The molecule has 0 saturated heterocycles. The van der Waals surface area contributed by atoms with Crippen LogP contribution in [0.2, 0.25) is 0 Å². The number of hydrogen-bond acceptors (Lipinski definition) is 2. The van der Waals surface area contributed by atoms with E-state index in [-0.39, 0.29) is 11.7 Å². The highest BCUT2D eigenvalue weighted by molar-refractivity contribution is 6.05. The fourth-order valence-corrected chi connectivity index (χ4v) is 2.00. The molecule has 1 amide bonds. The van der Waals surface area contributed by atoms with Gasteiger partial charge in [0.15, 0.2) is 0 Å². The molecule has 2 rings (SSSR count). The van der Waals surface area contributed by atoms with E-state index in [2.05, 4.69) is 0 Å². The first-order chi connectivity index (χ1) is 9.61. The lowest BCUT2D eigenvalue weighted by molar-refractivity contribution is 0.0993. The smallest absolute Gasteiger partial charge is 0.258 e. The van der Waals surface area contributed by atoms with Crippen LogP contribution in [-0.4, -0.2) is 19.5 Å². The number of rotatable bonds is 4. The Balaban J connectivity index is 2.21. The molecule has 4 heteroatoms. The second-order valence-corrected chi connectivity index (χ2v) is 4.58. The summed E-state index contributed by atoms with van der Waals surface area (Å²) in [7, 11) is 1.67. The van der Waals surface area contributed by atoms with Crippen molar-refractivity contribution in [2.75, 3.05) is 18.5 Å². The van der Waals surface area contributed by atoms with Crippen LogP contribution in [0.3, 0.4) is 0 Å². The summed E-state index contributed by atoms with van der Waals surface area (Å²) in [5, 5.41) is 0. The topological polar surface area (TPSA) is 46.3 Å². The summed E-state index contributed by atoms with van der Waals surface area (Å²) in [6, 6.07) is 13.2. The number of halogens is 1. The highest BCUT2D eigenvalue weighted by Gasteiger charge is 2.13. The van der Waals surface area contributed by atoms with Gasteiger partial charge in [-0.05, 0) is 54.9 Å². The van der Waals surface area contributed by atoms with Crippen LogP contribution in [0.25, 0.3) is 0 Å². The number of hydrogen-bond donors (Lipinski definition) is 1. The Bertz CT molecular complexity index is 596. The Kier molecular flexibility index (Phi) is 4.48. The van der Waals surface area contributed by atoms with Crippen LogP contribution in [0.5, 0.6) is 0 Å². The van der Waals surface area contributed by atoms with E-state index in [1.165, 1.54) is 17.0 Å². The fourth-order valence-electron chi connectivity index (χ4n) is 2.00. The molecule has 0 unspecified atom stereocenters. The standard InChI is InChI=1S/C16H17FN2O/c1-19(15-7-5-14(17)6-8-15)16(20)13-4-2-3-12(11-13)9-10-18/h2-8,11H,9-10,18H2,1H3. The van der Waals surface area contributed by atoms with Crippen LogP contribution in [-0.2, 0) is 6.42 Å². The molecule has 2 aromatic rings. The summed E-state index contributed by atoms with van der Waals surface area (Å²) < 4.78 is 12.9. The lowest BCUT2D eigenvalue weighted by atomic mass is 10.1. The molecule has 104 valence electrons. The number of carbonyl (C=O) groups excluding carboxylic acids is 1. The summed E-state index contributed by atoms with van der Waals surface area (Å²) in [4.78, 5) is 13.9. The van der Waals surface area contributed by atoms with Gasteiger partial charge in [0.25, 0.3) is 5.91 Å². The van der Waals surface area contributed by atoms with E-state index in [1.807, 2.05) is 18.2 Å². The Morgan fingerprint density at radius 2 is 1.90 bits per heavy atom. The van der Waals surface area contributed by atoms with Gasteiger partial charge in [-0.25, -0.2) is 4.39 Å². The molecular formula is C16H17FN2O. The monoisotopic (exact) mass is 272 g/mol. The van der Waals surface area contributed by atoms with E-state index < -0.39 is 0 Å². The van der Waals surface area contributed by atoms with Gasteiger partial charge in [-0.1, -0.05) is 12.1 Å². The third-order valence-electron chi connectivity index (χ3n) is 3.13. The zero-order valence-electron chi connectivity index (χ0n) is 11.3. The van der Waals surface area contributed by atoms with Crippen LogP contribution in [0, 0.1) is 5.82 Å². The quantitative estimate of drug-likeness (QED) is 0.930. The summed E-state index contributed by atoms with van der Waals surface area (Å²) in [5.74, 6) is -0.449. The number of benzene rings is 2. The molecule has 3 nitrogen and oxygen atoms in total. The first kappa shape index (κ1) is 14.2. The summed E-state index contributed by atoms with van der Waals surface area (Å²) in [6.45, 7) is 0.547. The number of amides is 1. The average molecular weight is 272 g/mol. The predicted octanol–water partition coefficient (Wildman–Crippen LogP) is 2.60. The van der Waals surface area contributed by atoms with Gasteiger partial charge in [0.2, 0.25) is 0 Å². The summed E-state index contributed by atoms with van der Waals surface area (Å²) in [5.41, 5.74) is 7.81. The van der Waals surface area contributed by atoms with Gasteiger partial charge < -0.3 is 10.6 Å². The van der Waals surface area contributed by atoms with E-state index in [9.17, 15) is 9.18 Å². The molecular weight excluding hydrogens is 255 g/mol. The molecule has 0 aromatic heterocycles. The van der Waals surface area contributed by atoms with E-state index in [0.717, 1.165) is 12.0 Å². The third-order valence-corrected chi connectivity index (χ3v) is 3.13. The number of anilines is 1. The van der Waals surface area contributed by atoms with Crippen molar-refractivity contribution in [3.05, 3.63) is 65.5 Å². The van der Waals surface area contributed by atoms with Crippen molar-refractivity contribution < 1.29 is 9.18 Å². The third kappa shape index (κ3) is 3.22. The molecule has 0 heterocycles. The Morgan fingerprint density at radius 1 is 1.20 bits per heavy atom. The van der Waals surface area contributed by atoms with Crippen LogP contribution < -0.4 is 10.6 Å². The van der Waals surface area contributed by atoms with Crippen molar-refractivity contribution in [3.8, 4) is 0 Å². The van der Waals surface area contributed by atoms with Crippen molar-refractivity contribution in [1.29, 1.82) is 0 Å². The Labute approximate surface area is 117 Å². The molecule has 0 fully saturated rings. The van der Waals surface area contributed by atoms with Crippen molar-refractivity contribution in [2.45, 2.75) is 6.42 Å². The zero-order valence-corrected chi connectivity index (χ0v) is 11.3. The van der Waals surface area contributed by atoms with Crippen molar-refractivity contribution in [3.63, 3.8) is 0 Å². The minimum atomic E-state index is -0.320. The zero-order chi connectivity index (χ0) is 14.5. The molecule has 0 radical (unpaired) electrons. The van der Waals surface area contributed by atoms with Gasteiger partial charge >= 0.3 is 0 Å². The van der Waals surface area contributed by atoms with Crippen molar-refractivity contribution in [1.82, 2.24) is 0 Å². The van der Waals surface area contributed by atoms with Crippen LogP contribution >= 0.6 is 0 Å². The van der Waals surface area contributed by atoms with E-state index >= 15 is 0 Å². The number of nitrogens with two attached hydrogens (primary N) is 1. The second kappa shape index (κ2) is 6.30. The van der Waals surface area contributed by atoms with Gasteiger partial charge in [0.05, 0.1) is 0 Å². The van der Waals surface area contributed by atoms with Crippen molar-refractivity contribution >= 4 is 11.6 Å². The van der Waals surface area contributed by atoms with Crippen LogP contribution in [0.4, 0.5) is 10.1 Å². The predicted molar refractivity (Wildman–Crippen MR) is 78.3 cm³/mol. The lowest BCUT2D eigenvalue weighted by Gasteiger charge is -2.17. The normalized spacial score (nSPS) is 10.3. The molecule has 2 N–H and O–H groups in total. The summed E-state index contributed by atoms with van der Waals surface area (Å²) >= 11 is 0. The highest BCUT2D eigenvalue weighted by atomic mass is 19.1. The first-order valence-corrected chi connectivity index (χ1v) is 6.44. The van der Waals surface area contributed by atoms with Gasteiger partial charge in [0, 0.05) is 18.3 Å².